The largest absolute Gasteiger partial charge is 0.366 e. The predicted molar refractivity (Wildman–Crippen MR) is 149 cm³/mol. The number of carbonyl (C=O) groups excluding carboxylic acids is 2. The molecule has 0 fully saturated rings. The lowest BCUT2D eigenvalue weighted by Gasteiger charge is -2.13. The first kappa shape index (κ1) is 26.0. The molecule has 11 heteroatoms. The molecule has 0 saturated carbocycles. The summed E-state index contributed by atoms with van der Waals surface area (Å²) in [5.74, 6) is -1.33. The van der Waals surface area contributed by atoms with Crippen LogP contribution in [0.25, 0.3) is 33.3 Å². The number of fused-ring (bicyclic) bond motifs is 1. The lowest BCUT2D eigenvalue weighted by molar-refractivity contribution is 0.0996. The molecule has 40 heavy (non-hydrogen) atoms. The van der Waals surface area contributed by atoms with Crippen molar-refractivity contribution in [1.29, 1.82) is 5.26 Å². The number of aromatic nitrogens is 3. The number of carbonyl (C=O) groups is 2. The lowest BCUT2D eigenvalue weighted by Crippen LogP contribution is -2.28. The zero-order chi connectivity index (χ0) is 28.7. The second kappa shape index (κ2) is 9.92. The molecule has 5 aromatic rings. The summed E-state index contributed by atoms with van der Waals surface area (Å²) in [7, 11) is 3.01. The molecule has 0 unspecified atom stereocenters. The fourth-order valence-corrected chi connectivity index (χ4v) is 4.83. The maximum Gasteiger partial charge on any atom is 0.291 e. The second-order valence-corrected chi connectivity index (χ2v) is 9.18. The molecule has 0 radical (unpaired) electrons. The molecular formula is C29H24N6O5. The highest BCUT2D eigenvalue weighted by atomic mass is 16.5. The Labute approximate surface area is 227 Å². The quantitative estimate of drug-likeness (QED) is 0.339. The number of nitriles is 1. The Morgan fingerprint density at radius 1 is 1.02 bits per heavy atom. The van der Waals surface area contributed by atoms with Gasteiger partial charge in [-0.2, -0.15) is 10.0 Å². The lowest BCUT2D eigenvalue weighted by atomic mass is 10.0. The number of primary amides is 1. The summed E-state index contributed by atoms with van der Waals surface area (Å²) in [6.45, 7) is 2.35. The van der Waals surface area contributed by atoms with Gasteiger partial charge in [-0.15, -0.1) is 0 Å². The fourth-order valence-electron chi connectivity index (χ4n) is 4.83. The molecule has 3 N–H and O–H groups in total. The summed E-state index contributed by atoms with van der Waals surface area (Å²) < 4.78 is 9.44. The molecule has 3 heterocycles. The number of pyridine rings is 1. The Kier molecular flexibility index (Phi) is 6.45. The van der Waals surface area contributed by atoms with Crippen LogP contribution in [0.5, 0.6) is 0 Å². The van der Waals surface area contributed by atoms with E-state index in [1.807, 2.05) is 23.6 Å². The van der Waals surface area contributed by atoms with Gasteiger partial charge in [0.2, 0.25) is 11.7 Å². The Bertz CT molecular complexity index is 1980. The first-order valence-corrected chi connectivity index (χ1v) is 12.3. The topological polar surface area (TPSA) is 158 Å². The van der Waals surface area contributed by atoms with E-state index in [0.717, 1.165) is 16.0 Å². The van der Waals surface area contributed by atoms with Gasteiger partial charge in [-0.25, -0.2) is 0 Å². The molecule has 0 aliphatic rings. The molecule has 5 rings (SSSR count). The first-order chi connectivity index (χ1) is 19.1. The van der Waals surface area contributed by atoms with Crippen LogP contribution in [0.2, 0.25) is 0 Å². The summed E-state index contributed by atoms with van der Waals surface area (Å²) >= 11 is 0. The summed E-state index contributed by atoms with van der Waals surface area (Å²) in [5, 5.41) is 12.8. The van der Waals surface area contributed by atoms with Gasteiger partial charge in [0, 0.05) is 49.2 Å². The molecule has 11 nitrogen and oxygen atoms in total. The van der Waals surface area contributed by atoms with Gasteiger partial charge >= 0.3 is 0 Å². The van der Waals surface area contributed by atoms with Crippen molar-refractivity contribution in [3.05, 3.63) is 98.4 Å². The van der Waals surface area contributed by atoms with E-state index >= 15 is 0 Å². The molecule has 0 bridgehead atoms. The monoisotopic (exact) mass is 536 g/mol. The zero-order valence-corrected chi connectivity index (χ0v) is 21.9. The smallest absolute Gasteiger partial charge is 0.291 e. The Morgan fingerprint density at radius 3 is 2.38 bits per heavy atom. The maximum atomic E-state index is 13.5. The third-order valence-corrected chi connectivity index (χ3v) is 6.70. The van der Waals surface area contributed by atoms with Gasteiger partial charge in [0.25, 0.3) is 17.0 Å². The SMILES string of the molecule is CCn1c(-c2ccc(-c3c(C#N)on(C)c3=O)cc2)cc2cn(C)c(=O)c(C(=O)Nc3cccc(C(N)=O)c3)c21. The number of nitrogens with two attached hydrogens (primary N) is 1. The zero-order valence-electron chi connectivity index (χ0n) is 21.9. The van der Waals surface area contributed by atoms with Gasteiger partial charge in [-0.05, 0) is 42.3 Å². The van der Waals surface area contributed by atoms with E-state index in [-0.39, 0.29) is 22.5 Å². The van der Waals surface area contributed by atoms with Crippen LogP contribution in [0.15, 0.2) is 74.9 Å². The third kappa shape index (κ3) is 4.27. The van der Waals surface area contributed by atoms with Crippen LogP contribution >= 0.6 is 0 Å². The Hall–Kier alpha value is -5.63. The number of aryl methyl sites for hydroxylation is 3. The minimum absolute atomic E-state index is 0.0465. The molecule has 0 atom stereocenters. The van der Waals surface area contributed by atoms with Crippen LogP contribution in [0.4, 0.5) is 5.69 Å². The van der Waals surface area contributed by atoms with Crippen LogP contribution in [0, 0.1) is 11.3 Å². The normalized spacial score (nSPS) is 10.9. The summed E-state index contributed by atoms with van der Waals surface area (Å²) in [5.41, 5.74) is 7.66. The minimum Gasteiger partial charge on any atom is -0.366 e. The molecule has 0 saturated heterocycles. The summed E-state index contributed by atoms with van der Waals surface area (Å²) in [4.78, 5) is 50.8. The highest BCUT2D eigenvalue weighted by Crippen LogP contribution is 2.31. The number of benzene rings is 2. The van der Waals surface area contributed by atoms with E-state index < -0.39 is 22.9 Å². The first-order valence-electron chi connectivity index (χ1n) is 12.3. The molecule has 2 aromatic carbocycles. The van der Waals surface area contributed by atoms with Crippen molar-refractivity contribution in [1.82, 2.24) is 13.9 Å². The maximum absolute atomic E-state index is 13.5. The van der Waals surface area contributed by atoms with E-state index in [1.54, 1.807) is 49.6 Å². The van der Waals surface area contributed by atoms with Crippen molar-refractivity contribution in [2.24, 2.45) is 19.8 Å². The van der Waals surface area contributed by atoms with Crippen LogP contribution in [-0.2, 0) is 20.6 Å². The molecule has 0 aliphatic heterocycles. The van der Waals surface area contributed by atoms with Gasteiger partial charge in [0.1, 0.15) is 17.2 Å². The standard InChI is InChI=1S/C29H24N6O5/c1-4-35-21(16-8-10-17(11-9-16)23-22(14-30)40-34(3)29(23)39)13-19-15-33(2)28(38)24(25(19)35)27(37)32-20-7-5-6-18(12-20)26(31)36/h5-13,15H,4H2,1-3H3,(H2,31,36)(H,32,37). The van der Waals surface area contributed by atoms with Crippen molar-refractivity contribution in [3.8, 4) is 28.5 Å². The number of nitrogens with zero attached hydrogens (tertiary/aromatic N) is 4. The molecule has 200 valence electrons. The van der Waals surface area contributed by atoms with Gasteiger partial charge in [-0.1, -0.05) is 30.3 Å². The van der Waals surface area contributed by atoms with Crippen molar-refractivity contribution in [3.63, 3.8) is 0 Å². The summed E-state index contributed by atoms with van der Waals surface area (Å²) in [6, 6.07) is 17.0. The van der Waals surface area contributed by atoms with Crippen LogP contribution in [-0.4, -0.2) is 25.7 Å². The van der Waals surface area contributed by atoms with Crippen LogP contribution < -0.4 is 22.2 Å². The second-order valence-electron chi connectivity index (χ2n) is 9.18. The van der Waals surface area contributed by atoms with Crippen LogP contribution in [0.1, 0.15) is 33.4 Å². The number of nitrogens with one attached hydrogen (secondary N) is 1. The van der Waals surface area contributed by atoms with E-state index in [0.29, 0.717) is 28.7 Å². The fraction of sp³-hybridized carbons (Fsp3) is 0.138. The molecule has 2 amide bonds. The van der Waals surface area contributed by atoms with Gasteiger partial charge in [0.05, 0.1) is 5.52 Å². The number of rotatable bonds is 6. The van der Waals surface area contributed by atoms with Crippen molar-refractivity contribution >= 4 is 28.4 Å². The highest BCUT2D eigenvalue weighted by molar-refractivity contribution is 6.12. The molecular weight excluding hydrogens is 512 g/mol. The number of amides is 2. The van der Waals surface area contributed by atoms with Gasteiger partial charge in [0.15, 0.2) is 0 Å². The van der Waals surface area contributed by atoms with E-state index in [4.69, 9.17) is 10.3 Å². The number of hydrogen-bond acceptors (Lipinski definition) is 6. The minimum atomic E-state index is -0.637. The van der Waals surface area contributed by atoms with Crippen molar-refractivity contribution in [2.75, 3.05) is 5.32 Å². The molecule has 0 aliphatic carbocycles. The summed E-state index contributed by atoms with van der Waals surface area (Å²) in [6.07, 6.45) is 1.67. The molecule has 0 spiro atoms. The van der Waals surface area contributed by atoms with E-state index in [1.165, 1.54) is 23.7 Å². The Morgan fingerprint density at radius 2 is 1.73 bits per heavy atom. The predicted octanol–water partition coefficient (Wildman–Crippen LogP) is 3.21. The number of anilines is 1. The van der Waals surface area contributed by atoms with E-state index in [9.17, 15) is 24.4 Å². The molecule has 3 aromatic heterocycles. The number of hydrogen-bond donors (Lipinski definition) is 2. The van der Waals surface area contributed by atoms with Crippen molar-refractivity contribution < 1.29 is 14.1 Å². The average molecular weight is 537 g/mol. The van der Waals surface area contributed by atoms with Gasteiger partial charge in [-0.3, -0.25) is 19.2 Å². The highest BCUT2D eigenvalue weighted by Gasteiger charge is 2.23. The van der Waals surface area contributed by atoms with Gasteiger partial charge < -0.3 is 24.7 Å². The van der Waals surface area contributed by atoms with Crippen molar-refractivity contribution in [2.45, 2.75) is 13.5 Å². The average Bonchev–Trinajstić information content (AvgIpc) is 3.45. The van der Waals surface area contributed by atoms with Crippen LogP contribution in [0.3, 0.4) is 0 Å². The Balaban J connectivity index is 1.62. The third-order valence-electron chi connectivity index (χ3n) is 6.70. The van der Waals surface area contributed by atoms with E-state index in [2.05, 4.69) is 5.32 Å².